The first-order chi connectivity index (χ1) is 11.4. The minimum atomic E-state index is -3.56. The molecule has 0 aromatic heterocycles. The Morgan fingerprint density at radius 1 is 1.12 bits per heavy atom. The Hall–Kier alpha value is -1.92. The summed E-state index contributed by atoms with van der Waals surface area (Å²) in [5.41, 5.74) is -0.0398. The van der Waals surface area contributed by atoms with Crippen molar-refractivity contribution in [1.29, 1.82) is 0 Å². The molecule has 1 fully saturated rings. The van der Waals surface area contributed by atoms with Crippen molar-refractivity contribution in [1.82, 2.24) is 4.90 Å². The molecule has 7 heteroatoms. The predicted molar refractivity (Wildman–Crippen MR) is 89.3 cm³/mol. The van der Waals surface area contributed by atoms with Gasteiger partial charge in [0.05, 0.1) is 15.7 Å². The van der Waals surface area contributed by atoms with E-state index >= 15 is 0 Å². The van der Waals surface area contributed by atoms with Crippen molar-refractivity contribution in [3.8, 4) is 0 Å². The molecule has 1 aliphatic heterocycles. The van der Waals surface area contributed by atoms with Gasteiger partial charge in [-0.1, -0.05) is 23.7 Å². The van der Waals surface area contributed by atoms with E-state index < -0.39 is 26.8 Å². The number of likely N-dealkylation sites (tertiary alicyclic amines) is 1. The van der Waals surface area contributed by atoms with E-state index in [1.807, 2.05) is 0 Å². The number of hydrogen-bond donors (Lipinski definition) is 0. The number of hydrogen-bond acceptors (Lipinski definition) is 3. The van der Waals surface area contributed by atoms with Gasteiger partial charge in [0.15, 0.2) is 9.84 Å². The lowest BCUT2D eigenvalue weighted by Crippen LogP contribution is -2.32. The SMILES string of the molecule is O=C(c1ccccc1F)N1CCC(S(=O)(=O)c2ccc(Cl)cc2)C1. The second-order valence-electron chi connectivity index (χ2n) is 5.64. The van der Waals surface area contributed by atoms with Crippen LogP contribution in [0, 0.1) is 5.82 Å². The Kier molecular flexibility index (Phi) is 4.60. The van der Waals surface area contributed by atoms with Gasteiger partial charge in [-0.05, 0) is 42.8 Å². The maximum atomic E-state index is 13.7. The molecule has 3 rings (SSSR count). The monoisotopic (exact) mass is 367 g/mol. The third kappa shape index (κ3) is 3.16. The molecule has 0 N–H and O–H groups in total. The van der Waals surface area contributed by atoms with Crippen LogP contribution in [0.25, 0.3) is 0 Å². The predicted octanol–water partition coefficient (Wildman–Crippen LogP) is 3.17. The fourth-order valence-corrected chi connectivity index (χ4v) is 4.61. The van der Waals surface area contributed by atoms with Crippen LogP contribution < -0.4 is 0 Å². The smallest absolute Gasteiger partial charge is 0.256 e. The largest absolute Gasteiger partial charge is 0.337 e. The number of sulfone groups is 1. The van der Waals surface area contributed by atoms with E-state index in [1.54, 1.807) is 6.07 Å². The van der Waals surface area contributed by atoms with Crippen molar-refractivity contribution in [2.24, 2.45) is 0 Å². The summed E-state index contributed by atoms with van der Waals surface area (Å²) >= 11 is 5.79. The van der Waals surface area contributed by atoms with Gasteiger partial charge >= 0.3 is 0 Å². The van der Waals surface area contributed by atoms with Crippen molar-refractivity contribution >= 4 is 27.3 Å². The standard InChI is InChI=1S/C17H15ClFNO3S/c18-12-5-7-13(8-6-12)24(22,23)14-9-10-20(11-14)17(21)15-3-1-2-4-16(15)19/h1-8,14H,9-11H2. The highest BCUT2D eigenvalue weighted by Crippen LogP contribution is 2.26. The molecule has 0 saturated carbocycles. The Morgan fingerprint density at radius 2 is 1.79 bits per heavy atom. The number of nitrogens with zero attached hydrogens (tertiary/aromatic N) is 1. The highest BCUT2D eigenvalue weighted by Gasteiger charge is 2.36. The summed E-state index contributed by atoms with van der Waals surface area (Å²) in [5.74, 6) is -1.09. The maximum Gasteiger partial charge on any atom is 0.256 e. The second-order valence-corrected chi connectivity index (χ2v) is 8.31. The van der Waals surface area contributed by atoms with Gasteiger partial charge in [-0.25, -0.2) is 12.8 Å². The lowest BCUT2D eigenvalue weighted by Gasteiger charge is -2.17. The summed E-state index contributed by atoms with van der Waals surface area (Å²) in [6.45, 7) is 0.336. The van der Waals surface area contributed by atoms with Crippen molar-refractivity contribution in [3.63, 3.8) is 0 Å². The van der Waals surface area contributed by atoms with Crippen LogP contribution in [0.3, 0.4) is 0 Å². The molecule has 1 heterocycles. The average molecular weight is 368 g/mol. The van der Waals surface area contributed by atoms with E-state index in [-0.39, 0.29) is 23.5 Å². The number of benzene rings is 2. The Bertz CT molecular complexity index is 868. The molecular formula is C17H15ClFNO3S. The molecule has 1 atom stereocenters. The average Bonchev–Trinajstić information content (AvgIpc) is 3.06. The Balaban J connectivity index is 1.79. The third-order valence-electron chi connectivity index (χ3n) is 4.12. The molecule has 2 aromatic carbocycles. The first kappa shape index (κ1) is 16.9. The van der Waals surface area contributed by atoms with Gasteiger partial charge in [0.1, 0.15) is 5.82 Å². The number of amides is 1. The summed E-state index contributed by atoms with van der Waals surface area (Å²) in [4.78, 5) is 14.0. The molecule has 24 heavy (non-hydrogen) atoms. The van der Waals surface area contributed by atoms with Gasteiger partial charge in [0.2, 0.25) is 0 Å². The lowest BCUT2D eigenvalue weighted by molar-refractivity contribution is 0.0788. The van der Waals surface area contributed by atoms with Gasteiger partial charge < -0.3 is 4.90 Å². The quantitative estimate of drug-likeness (QED) is 0.837. The number of carbonyl (C=O) groups is 1. The van der Waals surface area contributed by atoms with Crippen LogP contribution in [-0.4, -0.2) is 37.6 Å². The summed E-state index contributed by atoms with van der Waals surface area (Å²) in [6, 6.07) is 11.7. The first-order valence-corrected chi connectivity index (χ1v) is 9.35. The zero-order chi connectivity index (χ0) is 17.3. The fraction of sp³-hybridized carbons (Fsp3) is 0.235. The van der Waals surface area contributed by atoms with Gasteiger partial charge in [-0.3, -0.25) is 4.79 Å². The second kappa shape index (κ2) is 6.53. The topological polar surface area (TPSA) is 54.5 Å². The number of halogens is 2. The van der Waals surface area contributed by atoms with Crippen molar-refractivity contribution in [2.75, 3.05) is 13.1 Å². The summed E-state index contributed by atoms with van der Waals surface area (Å²) in [7, 11) is -3.56. The summed E-state index contributed by atoms with van der Waals surface area (Å²) in [5, 5.41) is -0.244. The van der Waals surface area contributed by atoms with Gasteiger partial charge in [-0.2, -0.15) is 0 Å². The zero-order valence-corrected chi connectivity index (χ0v) is 14.2. The van der Waals surface area contributed by atoms with Crippen LogP contribution in [0.5, 0.6) is 0 Å². The highest BCUT2D eigenvalue weighted by molar-refractivity contribution is 7.92. The van der Waals surface area contributed by atoms with E-state index in [0.717, 1.165) is 0 Å². The molecule has 0 bridgehead atoms. The molecule has 1 amide bonds. The lowest BCUT2D eigenvalue weighted by atomic mass is 10.2. The van der Waals surface area contributed by atoms with E-state index in [9.17, 15) is 17.6 Å². The van der Waals surface area contributed by atoms with E-state index in [2.05, 4.69) is 0 Å². The molecule has 4 nitrogen and oxygen atoms in total. The Morgan fingerprint density at radius 3 is 2.46 bits per heavy atom. The molecular weight excluding hydrogens is 353 g/mol. The third-order valence-corrected chi connectivity index (χ3v) is 6.56. The molecule has 1 unspecified atom stereocenters. The van der Waals surface area contributed by atoms with Crippen molar-refractivity contribution in [2.45, 2.75) is 16.6 Å². The van der Waals surface area contributed by atoms with E-state index in [4.69, 9.17) is 11.6 Å². The van der Waals surface area contributed by atoms with Crippen molar-refractivity contribution < 1.29 is 17.6 Å². The summed E-state index contributed by atoms with van der Waals surface area (Å²) < 4.78 is 39.1. The van der Waals surface area contributed by atoms with Crippen LogP contribution in [-0.2, 0) is 9.84 Å². The van der Waals surface area contributed by atoms with Crippen LogP contribution in [0.15, 0.2) is 53.4 Å². The van der Waals surface area contributed by atoms with Crippen LogP contribution >= 0.6 is 11.6 Å². The zero-order valence-electron chi connectivity index (χ0n) is 12.7. The van der Waals surface area contributed by atoms with Crippen LogP contribution in [0.2, 0.25) is 5.02 Å². The highest BCUT2D eigenvalue weighted by atomic mass is 35.5. The molecule has 1 aliphatic rings. The minimum absolute atomic E-state index is 0.0398. The molecule has 126 valence electrons. The minimum Gasteiger partial charge on any atom is -0.337 e. The number of carbonyl (C=O) groups excluding carboxylic acids is 1. The molecule has 0 radical (unpaired) electrons. The normalized spacial score (nSPS) is 17.9. The van der Waals surface area contributed by atoms with Crippen molar-refractivity contribution in [3.05, 3.63) is 64.9 Å². The number of rotatable bonds is 3. The molecule has 0 spiro atoms. The van der Waals surface area contributed by atoms with Gasteiger partial charge in [-0.15, -0.1) is 0 Å². The van der Waals surface area contributed by atoms with E-state index in [1.165, 1.54) is 47.4 Å². The maximum absolute atomic E-state index is 13.7. The van der Waals surface area contributed by atoms with E-state index in [0.29, 0.717) is 11.4 Å². The summed E-state index contributed by atoms with van der Waals surface area (Å²) in [6.07, 6.45) is 0.325. The molecule has 0 aliphatic carbocycles. The van der Waals surface area contributed by atoms with Gasteiger partial charge in [0.25, 0.3) is 5.91 Å². The Labute approximate surface area is 144 Å². The molecule has 2 aromatic rings. The van der Waals surface area contributed by atoms with Crippen LogP contribution in [0.1, 0.15) is 16.8 Å². The van der Waals surface area contributed by atoms with Crippen LogP contribution in [0.4, 0.5) is 4.39 Å². The van der Waals surface area contributed by atoms with Gasteiger partial charge in [0, 0.05) is 18.1 Å². The molecule has 1 saturated heterocycles. The fourth-order valence-electron chi connectivity index (χ4n) is 2.79. The first-order valence-electron chi connectivity index (χ1n) is 7.43.